The third-order valence-corrected chi connectivity index (χ3v) is 5.69. The maximum absolute atomic E-state index is 13.5. The molecule has 1 aliphatic rings. The first-order chi connectivity index (χ1) is 13.5. The standard InChI is InChI=1S/C21H20FN5O/c1-12-21(2,3)11-28-20-17(15-8-9-23-19-16(15)10-24-25-19)18(26-27(12)20)13-4-6-14(22)7-5-13/h4-10,12H,11H2,1-3H3,(H,23,24,25). The molecule has 3 aromatic heterocycles. The minimum atomic E-state index is -0.277. The van der Waals surface area contributed by atoms with Gasteiger partial charge in [-0.15, -0.1) is 0 Å². The van der Waals surface area contributed by atoms with E-state index in [4.69, 9.17) is 9.84 Å². The molecule has 0 saturated heterocycles. The van der Waals surface area contributed by atoms with Crippen LogP contribution in [0.3, 0.4) is 0 Å². The quantitative estimate of drug-likeness (QED) is 0.554. The zero-order valence-electron chi connectivity index (χ0n) is 15.9. The molecule has 0 amide bonds. The molecule has 4 aromatic rings. The molecule has 0 spiro atoms. The summed E-state index contributed by atoms with van der Waals surface area (Å²) in [6.07, 6.45) is 3.50. The Balaban J connectivity index is 1.82. The van der Waals surface area contributed by atoms with Crippen LogP contribution in [-0.2, 0) is 0 Å². The van der Waals surface area contributed by atoms with Gasteiger partial charge in [0.25, 0.3) is 0 Å². The van der Waals surface area contributed by atoms with E-state index < -0.39 is 0 Å². The van der Waals surface area contributed by atoms with Crippen molar-refractivity contribution in [1.82, 2.24) is 25.0 Å². The van der Waals surface area contributed by atoms with Gasteiger partial charge < -0.3 is 4.74 Å². The molecule has 1 aliphatic heterocycles. The van der Waals surface area contributed by atoms with Crippen molar-refractivity contribution in [3.05, 3.63) is 48.5 Å². The van der Waals surface area contributed by atoms with Gasteiger partial charge in [-0.3, -0.25) is 5.10 Å². The van der Waals surface area contributed by atoms with Gasteiger partial charge in [-0.1, -0.05) is 13.8 Å². The molecular weight excluding hydrogens is 357 g/mol. The predicted molar refractivity (Wildman–Crippen MR) is 104 cm³/mol. The summed E-state index contributed by atoms with van der Waals surface area (Å²) >= 11 is 0. The van der Waals surface area contributed by atoms with Gasteiger partial charge in [0.15, 0.2) is 5.65 Å². The number of halogens is 1. The minimum Gasteiger partial charge on any atom is -0.477 e. The Kier molecular flexibility index (Phi) is 3.56. The Morgan fingerprint density at radius 1 is 1.21 bits per heavy atom. The first-order valence-electron chi connectivity index (χ1n) is 9.25. The summed E-state index contributed by atoms with van der Waals surface area (Å²) in [7, 11) is 0. The molecule has 1 unspecified atom stereocenters. The Labute approximate surface area is 161 Å². The van der Waals surface area contributed by atoms with E-state index in [0.717, 1.165) is 33.7 Å². The molecule has 1 aromatic carbocycles. The van der Waals surface area contributed by atoms with Crippen molar-refractivity contribution in [3.8, 4) is 28.3 Å². The number of nitrogens with one attached hydrogen (secondary N) is 1. The summed E-state index contributed by atoms with van der Waals surface area (Å²) in [4.78, 5) is 4.34. The van der Waals surface area contributed by atoms with Crippen molar-refractivity contribution in [1.29, 1.82) is 0 Å². The first-order valence-corrected chi connectivity index (χ1v) is 9.25. The molecule has 0 aliphatic carbocycles. The van der Waals surface area contributed by atoms with E-state index in [1.165, 1.54) is 12.1 Å². The van der Waals surface area contributed by atoms with Crippen LogP contribution >= 0.6 is 0 Å². The van der Waals surface area contributed by atoms with E-state index in [1.54, 1.807) is 24.5 Å². The van der Waals surface area contributed by atoms with E-state index in [1.807, 2.05) is 10.7 Å². The molecule has 5 rings (SSSR count). The highest BCUT2D eigenvalue weighted by Gasteiger charge is 2.38. The summed E-state index contributed by atoms with van der Waals surface area (Å²) in [6.45, 7) is 7.08. The van der Waals surface area contributed by atoms with Crippen LogP contribution in [-0.4, -0.2) is 31.6 Å². The lowest BCUT2D eigenvalue weighted by Gasteiger charge is -2.37. The first kappa shape index (κ1) is 16.9. The van der Waals surface area contributed by atoms with Crippen molar-refractivity contribution in [2.24, 2.45) is 5.41 Å². The maximum Gasteiger partial charge on any atom is 0.220 e. The van der Waals surface area contributed by atoms with Crippen LogP contribution in [0.4, 0.5) is 4.39 Å². The zero-order valence-corrected chi connectivity index (χ0v) is 15.9. The van der Waals surface area contributed by atoms with Gasteiger partial charge in [0, 0.05) is 28.1 Å². The predicted octanol–water partition coefficient (Wildman–Crippen LogP) is 4.61. The second kappa shape index (κ2) is 5.89. The largest absolute Gasteiger partial charge is 0.477 e. The second-order valence-electron chi connectivity index (χ2n) is 7.92. The fourth-order valence-corrected chi connectivity index (χ4v) is 3.65. The molecule has 0 bridgehead atoms. The smallest absolute Gasteiger partial charge is 0.220 e. The van der Waals surface area contributed by atoms with Crippen molar-refractivity contribution in [3.63, 3.8) is 0 Å². The van der Waals surface area contributed by atoms with E-state index in [-0.39, 0.29) is 17.3 Å². The Bertz CT molecular complexity index is 1180. The summed E-state index contributed by atoms with van der Waals surface area (Å²) in [6, 6.07) is 8.48. The van der Waals surface area contributed by atoms with Crippen molar-refractivity contribution >= 4 is 11.0 Å². The average Bonchev–Trinajstić information content (AvgIpc) is 3.30. The Morgan fingerprint density at radius 3 is 2.79 bits per heavy atom. The summed E-state index contributed by atoms with van der Waals surface area (Å²) in [5, 5.41) is 12.8. The maximum atomic E-state index is 13.5. The van der Waals surface area contributed by atoms with Gasteiger partial charge in [0.2, 0.25) is 5.88 Å². The van der Waals surface area contributed by atoms with Gasteiger partial charge in [-0.25, -0.2) is 14.1 Å². The lowest BCUT2D eigenvalue weighted by Crippen LogP contribution is -2.36. The van der Waals surface area contributed by atoms with Crippen LogP contribution in [0.5, 0.6) is 5.88 Å². The molecule has 7 heteroatoms. The van der Waals surface area contributed by atoms with Gasteiger partial charge in [-0.05, 0) is 37.3 Å². The number of benzene rings is 1. The van der Waals surface area contributed by atoms with Crippen molar-refractivity contribution in [2.75, 3.05) is 6.61 Å². The van der Waals surface area contributed by atoms with Gasteiger partial charge in [0.05, 0.1) is 24.4 Å². The highest BCUT2D eigenvalue weighted by Crippen LogP contribution is 2.47. The number of fused-ring (bicyclic) bond motifs is 2. The monoisotopic (exact) mass is 377 g/mol. The molecule has 4 heterocycles. The van der Waals surface area contributed by atoms with Crippen LogP contribution in [0.2, 0.25) is 0 Å². The fraction of sp³-hybridized carbons (Fsp3) is 0.286. The van der Waals surface area contributed by atoms with Crippen molar-refractivity contribution in [2.45, 2.75) is 26.8 Å². The number of nitrogens with zero attached hydrogens (tertiary/aromatic N) is 4. The lowest BCUT2D eigenvalue weighted by molar-refractivity contribution is 0.0648. The highest BCUT2D eigenvalue weighted by atomic mass is 19.1. The summed E-state index contributed by atoms with van der Waals surface area (Å²) < 4.78 is 21.7. The normalized spacial score (nSPS) is 18.1. The molecule has 0 radical (unpaired) electrons. The second-order valence-corrected chi connectivity index (χ2v) is 7.92. The minimum absolute atomic E-state index is 0.0560. The zero-order chi connectivity index (χ0) is 19.5. The number of rotatable bonds is 2. The van der Waals surface area contributed by atoms with Crippen LogP contribution in [0, 0.1) is 11.2 Å². The molecule has 142 valence electrons. The number of H-pyrrole nitrogens is 1. The number of ether oxygens (including phenoxy) is 1. The van der Waals surface area contributed by atoms with Crippen LogP contribution in [0.25, 0.3) is 33.4 Å². The Hall–Kier alpha value is -3.22. The number of pyridine rings is 1. The molecule has 1 atom stereocenters. The average molecular weight is 377 g/mol. The van der Waals surface area contributed by atoms with Crippen LogP contribution in [0.1, 0.15) is 26.8 Å². The third-order valence-electron chi connectivity index (χ3n) is 5.69. The van der Waals surface area contributed by atoms with Gasteiger partial charge in [0.1, 0.15) is 11.5 Å². The third kappa shape index (κ3) is 2.42. The summed E-state index contributed by atoms with van der Waals surface area (Å²) in [5.74, 6) is 0.445. The molecular formula is C21H20FN5O. The molecule has 0 saturated carbocycles. The van der Waals surface area contributed by atoms with E-state index in [9.17, 15) is 4.39 Å². The van der Waals surface area contributed by atoms with Crippen LogP contribution < -0.4 is 4.74 Å². The molecule has 6 nitrogen and oxygen atoms in total. The molecule has 0 fully saturated rings. The van der Waals surface area contributed by atoms with Crippen LogP contribution in [0.15, 0.2) is 42.7 Å². The summed E-state index contributed by atoms with van der Waals surface area (Å²) in [5.41, 5.74) is 4.05. The van der Waals surface area contributed by atoms with E-state index in [0.29, 0.717) is 12.3 Å². The molecule has 1 N–H and O–H groups in total. The highest BCUT2D eigenvalue weighted by molar-refractivity contribution is 5.98. The molecule has 28 heavy (non-hydrogen) atoms. The van der Waals surface area contributed by atoms with Gasteiger partial charge in [-0.2, -0.15) is 10.2 Å². The van der Waals surface area contributed by atoms with Crippen molar-refractivity contribution < 1.29 is 9.13 Å². The topological polar surface area (TPSA) is 68.6 Å². The Morgan fingerprint density at radius 2 is 2.00 bits per heavy atom. The van der Waals surface area contributed by atoms with E-state index >= 15 is 0 Å². The number of aromatic nitrogens is 5. The number of hydrogen-bond acceptors (Lipinski definition) is 4. The fourth-order valence-electron chi connectivity index (χ4n) is 3.65. The number of aromatic amines is 1. The van der Waals surface area contributed by atoms with Gasteiger partial charge >= 0.3 is 0 Å². The number of hydrogen-bond donors (Lipinski definition) is 1. The van der Waals surface area contributed by atoms with E-state index in [2.05, 4.69) is 36.0 Å². The lowest BCUT2D eigenvalue weighted by atomic mass is 9.85. The SMILES string of the molecule is CC1n2nc(-c3ccc(F)cc3)c(-c3ccnc4[nH]ncc34)c2OCC1(C)C.